The van der Waals surface area contributed by atoms with Crippen molar-refractivity contribution >= 4 is 23.3 Å². The summed E-state index contributed by atoms with van der Waals surface area (Å²) in [6.45, 7) is -0.101. The number of carbonyl (C=O) groups excluding carboxylic acids is 2. The molecule has 0 saturated carbocycles. The number of anilines is 2. The molecule has 0 unspecified atom stereocenters. The molecule has 0 fully saturated rings. The second-order valence-corrected chi connectivity index (χ2v) is 8.87. The Kier molecular flexibility index (Phi) is 4.88. The highest BCUT2D eigenvalue weighted by atomic mass is 19.1. The van der Waals surface area contributed by atoms with E-state index in [0.29, 0.717) is 28.2 Å². The first-order valence-electron chi connectivity index (χ1n) is 11.4. The molecule has 3 aromatic rings. The van der Waals surface area contributed by atoms with Gasteiger partial charge < -0.3 is 15.4 Å². The zero-order chi connectivity index (χ0) is 25.9. The largest absolute Gasteiger partial charge is 0.456 e. The van der Waals surface area contributed by atoms with Gasteiger partial charge >= 0.3 is 5.97 Å². The van der Waals surface area contributed by atoms with Gasteiger partial charge in [0.1, 0.15) is 35.5 Å². The summed E-state index contributed by atoms with van der Waals surface area (Å²) in [5, 5.41) is 10.4. The van der Waals surface area contributed by atoms with E-state index >= 15 is 0 Å². The first kappa shape index (κ1) is 22.5. The Morgan fingerprint density at radius 3 is 2.30 bits per heavy atom. The van der Waals surface area contributed by atoms with E-state index in [1.165, 1.54) is 46.2 Å². The number of nitriles is 1. The van der Waals surface area contributed by atoms with Gasteiger partial charge in [-0.05, 0) is 48.0 Å². The molecule has 0 bridgehead atoms. The minimum Gasteiger partial charge on any atom is -0.456 e. The van der Waals surface area contributed by atoms with E-state index < -0.39 is 28.9 Å². The normalized spacial score (nSPS) is 20.4. The van der Waals surface area contributed by atoms with Crippen LogP contribution in [0, 0.1) is 23.0 Å². The molecule has 0 saturated heterocycles. The number of rotatable bonds is 3. The van der Waals surface area contributed by atoms with Crippen molar-refractivity contribution in [3.05, 3.63) is 118 Å². The van der Waals surface area contributed by atoms with Crippen molar-refractivity contribution in [3.8, 4) is 6.07 Å². The van der Waals surface area contributed by atoms with Gasteiger partial charge in [0.25, 0.3) is 0 Å². The first-order valence-corrected chi connectivity index (χ1v) is 11.4. The number of para-hydroxylation sites is 1. The van der Waals surface area contributed by atoms with E-state index in [-0.39, 0.29) is 30.1 Å². The van der Waals surface area contributed by atoms with Crippen molar-refractivity contribution in [2.75, 3.05) is 16.4 Å². The van der Waals surface area contributed by atoms with E-state index in [1.807, 2.05) is 0 Å². The number of ether oxygens (including phenoxy) is 1. The van der Waals surface area contributed by atoms with Crippen LogP contribution in [0.15, 0.2) is 95.5 Å². The van der Waals surface area contributed by atoms with Gasteiger partial charge in [0, 0.05) is 16.9 Å². The zero-order valence-electron chi connectivity index (χ0n) is 19.2. The Hall–Kier alpha value is -4.97. The number of carbonyl (C=O) groups is 2. The predicted molar refractivity (Wildman–Crippen MR) is 129 cm³/mol. The maximum atomic E-state index is 14.4. The van der Waals surface area contributed by atoms with Gasteiger partial charge in [0.2, 0.25) is 5.91 Å². The zero-order valence-corrected chi connectivity index (χ0v) is 19.2. The average Bonchev–Trinajstić information content (AvgIpc) is 3.39. The first-order chi connectivity index (χ1) is 17.9. The Bertz CT molecular complexity index is 1590. The van der Waals surface area contributed by atoms with Crippen LogP contribution >= 0.6 is 0 Å². The van der Waals surface area contributed by atoms with E-state index in [4.69, 9.17) is 10.5 Å². The van der Waals surface area contributed by atoms with Crippen LogP contribution in [-0.4, -0.2) is 18.5 Å². The lowest BCUT2D eigenvalue weighted by Gasteiger charge is -2.38. The Morgan fingerprint density at radius 1 is 0.973 bits per heavy atom. The summed E-state index contributed by atoms with van der Waals surface area (Å²) in [6.07, 6.45) is 0. The minimum absolute atomic E-state index is 0.00151. The topological polar surface area (TPSA) is 99.7 Å². The molecule has 3 aliphatic rings. The summed E-state index contributed by atoms with van der Waals surface area (Å²) in [7, 11) is 0. The number of cyclic esters (lactones) is 1. The monoisotopic (exact) mass is 496 g/mol. The molecule has 3 aliphatic heterocycles. The second kappa shape index (κ2) is 8.03. The number of amides is 1. The highest BCUT2D eigenvalue weighted by molar-refractivity contribution is 6.19. The molecule has 1 atom stereocenters. The fourth-order valence-electron chi connectivity index (χ4n) is 5.41. The number of benzene rings is 3. The third-order valence-corrected chi connectivity index (χ3v) is 6.97. The van der Waals surface area contributed by atoms with E-state index in [2.05, 4.69) is 6.07 Å². The number of nitrogens with two attached hydrogens (primary N) is 1. The number of halogens is 2. The molecule has 37 heavy (non-hydrogen) atoms. The fourth-order valence-corrected chi connectivity index (χ4v) is 5.41. The molecule has 0 radical (unpaired) electrons. The van der Waals surface area contributed by atoms with Crippen molar-refractivity contribution in [1.82, 2.24) is 0 Å². The van der Waals surface area contributed by atoms with Gasteiger partial charge in [-0.3, -0.25) is 9.69 Å². The van der Waals surface area contributed by atoms with Crippen LogP contribution in [0.2, 0.25) is 0 Å². The standard InChI is InChI=1S/C28H18F2N4O3/c29-17-7-5-16(6-8-17)14-33-22-4-2-1-3-20(22)28(27(33)36)21(13-31)25(32)34(19-11-9-18(30)10-12-19)23-15-37-26(35)24(23)28/h1-12H,14-15,32H2/t28-/m0/s1. The quantitative estimate of drug-likeness (QED) is 0.554. The van der Waals surface area contributed by atoms with Crippen LogP contribution in [0.25, 0.3) is 0 Å². The number of hydrogen-bond acceptors (Lipinski definition) is 6. The SMILES string of the molecule is N#CC1=C(N)N(c2ccc(F)cc2)C2=C(C(=O)OC2)[C@@]12C(=O)N(Cc1ccc(F)cc1)c1ccccc12. The van der Waals surface area contributed by atoms with E-state index in [9.17, 15) is 23.6 Å². The molecule has 182 valence electrons. The summed E-state index contributed by atoms with van der Waals surface area (Å²) in [5.41, 5.74) is 6.91. The highest BCUT2D eigenvalue weighted by Crippen LogP contribution is 2.56. The molecule has 2 N–H and O–H groups in total. The van der Waals surface area contributed by atoms with Crippen molar-refractivity contribution in [2.24, 2.45) is 5.73 Å². The van der Waals surface area contributed by atoms with Crippen LogP contribution in [0.4, 0.5) is 20.2 Å². The Balaban J connectivity index is 1.60. The number of esters is 1. The predicted octanol–water partition coefficient (Wildman–Crippen LogP) is 3.77. The minimum atomic E-state index is -1.82. The molecular formula is C28H18F2N4O3. The number of hydrogen-bond donors (Lipinski definition) is 1. The lowest BCUT2D eigenvalue weighted by Crippen LogP contribution is -2.50. The lowest BCUT2D eigenvalue weighted by molar-refractivity contribution is -0.137. The smallest absolute Gasteiger partial charge is 0.338 e. The molecule has 1 amide bonds. The molecule has 1 spiro atoms. The summed E-state index contributed by atoms with van der Waals surface area (Å²) >= 11 is 0. The molecule has 7 nitrogen and oxygen atoms in total. The maximum absolute atomic E-state index is 14.4. The third-order valence-electron chi connectivity index (χ3n) is 6.97. The average molecular weight is 496 g/mol. The van der Waals surface area contributed by atoms with Gasteiger partial charge in [-0.15, -0.1) is 0 Å². The second-order valence-electron chi connectivity index (χ2n) is 8.87. The van der Waals surface area contributed by atoms with Crippen LogP contribution in [-0.2, 0) is 26.3 Å². The summed E-state index contributed by atoms with van der Waals surface area (Å²) in [4.78, 5) is 30.6. The number of nitrogens with zero attached hydrogens (tertiary/aromatic N) is 3. The van der Waals surface area contributed by atoms with Crippen molar-refractivity contribution in [2.45, 2.75) is 12.0 Å². The molecule has 3 heterocycles. The van der Waals surface area contributed by atoms with E-state index in [0.717, 1.165) is 0 Å². The molecule has 0 aromatic heterocycles. The maximum Gasteiger partial charge on any atom is 0.338 e. The molecular weight excluding hydrogens is 478 g/mol. The number of fused-ring (bicyclic) bond motifs is 3. The Morgan fingerprint density at radius 2 is 1.62 bits per heavy atom. The van der Waals surface area contributed by atoms with Gasteiger partial charge in [0.15, 0.2) is 0 Å². The van der Waals surface area contributed by atoms with Crippen LogP contribution in [0.1, 0.15) is 11.1 Å². The Labute approximate surface area is 210 Å². The van der Waals surface area contributed by atoms with Crippen LogP contribution in [0.5, 0.6) is 0 Å². The third kappa shape index (κ3) is 3.02. The van der Waals surface area contributed by atoms with Gasteiger partial charge in [-0.1, -0.05) is 30.3 Å². The van der Waals surface area contributed by atoms with Gasteiger partial charge in [-0.2, -0.15) is 5.26 Å². The molecule has 6 rings (SSSR count). The van der Waals surface area contributed by atoms with Gasteiger partial charge in [0.05, 0.1) is 23.4 Å². The van der Waals surface area contributed by atoms with E-state index in [1.54, 1.807) is 36.4 Å². The highest BCUT2D eigenvalue weighted by Gasteiger charge is 2.63. The fraction of sp³-hybridized carbons (Fsp3) is 0.107. The van der Waals surface area contributed by atoms with Crippen molar-refractivity contribution < 1.29 is 23.1 Å². The lowest BCUT2D eigenvalue weighted by atomic mass is 9.67. The van der Waals surface area contributed by atoms with Crippen LogP contribution < -0.4 is 15.5 Å². The van der Waals surface area contributed by atoms with Gasteiger partial charge in [-0.25, -0.2) is 13.6 Å². The summed E-state index contributed by atoms with van der Waals surface area (Å²) in [6, 6.07) is 20.1. The summed E-state index contributed by atoms with van der Waals surface area (Å²) < 4.78 is 32.6. The molecule has 0 aliphatic carbocycles. The molecule has 9 heteroatoms. The van der Waals surface area contributed by atoms with Crippen molar-refractivity contribution in [3.63, 3.8) is 0 Å². The van der Waals surface area contributed by atoms with Crippen molar-refractivity contribution in [1.29, 1.82) is 5.26 Å². The molecule has 3 aromatic carbocycles. The summed E-state index contributed by atoms with van der Waals surface area (Å²) in [5.74, 6) is -2.22. The van der Waals surface area contributed by atoms with Crippen LogP contribution in [0.3, 0.4) is 0 Å².